The molecule has 0 rings (SSSR count). The Bertz CT molecular complexity index is 148. The number of hydrogen-bond acceptors (Lipinski definition) is 3. The molecule has 0 saturated carbocycles. The molecule has 0 aromatic rings. The molecule has 0 aromatic heterocycles. The minimum Gasteiger partial charge on any atom is -0.465 e. The van der Waals surface area contributed by atoms with Gasteiger partial charge in [-0.3, -0.25) is 4.79 Å². The molecule has 3 heteroatoms. The number of hydrogen-bond donors (Lipinski definition) is 1. The van der Waals surface area contributed by atoms with E-state index in [1.54, 1.807) is 0 Å². The predicted octanol–water partition coefficient (Wildman–Crippen LogP) is 2.24. The summed E-state index contributed by atoms with van der Waals surface area (Å²) in [6.07, 6.45) is 6.13. The fourth-order valence-electron chi connectivity index (χ4n) is 1.24. The molecule has 14 heavy (non-hydrogen) atoms. The smallest absolute Gasteiger partial charge is 0.322 e. The summed E-state index contributed by atoms with van der Waals surface area (Å²) in [6, 6.07) is -0.425. The van der Waals surface area contributed by atoms with Crippen LogP contribution in [0.5, 0.6) is 0 Å². The molecule has 0 fully saturated rings. The highest BCUT2D eigenvalue weighted by Gasteiger charge is 2.12. The van der Waals surface area contributed by atoms with Crippen molar-refractivity contribution < 1.29 is 9.53 Å². The molecular formula is C11H23NO2. The van der Waals surface area contributed by atoms with Gasteiger partial charge in [0.2, 0.25) is 0 Å². The molecule has 0 bridgehead atoms. The summed E-state index contributed by atoms with van der Waals surface area (Å²) in [4.78, 5) is 11.2. The van der Waals surface area contributed by atoms with Crippen LogP contribution in [0.4, 0.5) is 0 Å². The zero-order valence-electron chi connectivity index (χ0n) is 9.42. The number of carbonyl (C=O) groups is 1. The summed E-state index contributed by atoms with van der Waals surface area (Å²) < 4.78 is 5.04. The van der Waals surface area contributed by atoms with Gasteiger partial charge in [0.15, 0.2) is 0 Å². The average Bonchev–Trinajstić information content (AvgIpc) is 2.17. The van der Waals surface area contributed by atoms with Crippen LogP contribution in [0.25, 0.3) is 0 Å². The van der Waals surface area contributed by atoms with Crippen molar-refractivity contribution in [3.05, 3.63) is 0 Å². The van der Waals surface area contributed by atoms with Crippen LogP contribution in [0.2, 0.25) is 0 Å². The molecule has 0 aliphatic carbocycles. The molecule has 2 N–H and O–H groups in total. The molecule has 1 atom stereocenters. The second kappa shape index (κ2) is 9.00. The maximum atomic E-state index is 11.2. The van der Waals surface area contributed by atoms with E-state index in [1.807, 2.05) is 6.92 Å². The van der Waals surface area contributed by atoms with Crippen LogP contribution in [-0.2, 0) is 9.53 Å². The fourth-order valence-corrected chi connectivity index (χ4v) is 1.24. The van der Waals surface area contributed by atoms with Crippen molar-refractivity contribution in [1.29, 1.82) is 0 Å². The topological polar surface area (TPSA) is 52.3 Å². The Morgan fingerprint density at radius 2 is 1.93 bits per heavy atom. The first-order chi connectivity index (χ1) is 6.72. The molecule has 0 aliphatic heterocycles. The van der Waals surface area contributed by atoms with Gasteiger partial charge in [-0.25, -0.2) is 0 Å². The lowest BCUT2D eigenvalue weighted by molar-refractivity contribution is -0.145. The fraction of sp³-hybridized carbons (Fsp3) is 0.909. The summed E-state index contributed by atoms with van der Waals surface area (Å²) in [5.41, 5.74) is 5.59. The third-order valence-electron chi connectivity index (χ3n) is 2.14. The number of rotatable bonds is 8. The molecule has 0 heterocycles. The molecule has 0 amide bonds. The number of esters is 1. The van der Waals surface area contributed by atoms with E-state index in [-0.39, 0.29) is 5.97 Å². The van der Waals surface area contributed by atoms with Crippen LogP contribution in [0.1, 0.15) is 52.4 Å². The maximum Gasteiger partial charge on any atom is 0.322 e. The number of ether oxygens (including phenoxy) is 1. The highest BCUT2D eigenvalue weighted by Crippen LogP contribution is 2.01. The summed E-state index contributed by atoms with van der Waals surface area (Å²) in [5.74, 6) is -0.247. The lowest BCUT2D eigenvalue weighted by atomic mass is 10.2. The molecule has 0 radical (unpaired) electrons. The largest absolute Gasteiger partial charge is 0.465 e. The second-order valence-corrected chi connectivity index (χ2v) is 3.62. The summed E-state index contributed by atoms with van der Waals surface area (Å²) in [7, 11) is 0. The Morgan fingerprint density at radius 3 is 2.50 bits per heavy atom. The van der Waals surface area contributed by atoms with E-state index >= 15 is 0 Å². The SMILES string of the molecule is CCCCCCOC(=O)[C@H](N)CCC. The number of nitrogens with two attached hydrogens (primary N) is 1. The van der Waals surface area contributed by atoms with Gasteiger partial charge >= 0.3 is 5.97 Å². The van der Waals surface area contributed by atoms with E-state index in [2.05, 4.69) is 6.92 Å². The number of unbranched alkanes of at least 4 members (excludes halogenated alkanes) is 3. The van der Waals surface area contributed by atoms with Gasteiger partial charge in [-0.1, -0.05) is 39.5 Å². The molecule has 0 saturated heterocycles. The summed E-state index contributed by atoms with van der Waals surface area (Å²) in [6.45, 7) is 4.69. The van der Waals surface area contributed by atoms with Crippen molar-refractivity contribution in [2.24, 2.45) is 5.73 Å². The molecule has 84 valence electrons. The molecular weight excluding hydrogens is 178 g/mol. The Kier molecular flexibility index (Phi) is 8.64. The van der Waals surface area contributed by atoms with E-state index in [0.29, 0.717) is 13.0 Å². The van der Waals surface area contributed by atoms with Gasteiger partial charge in [-0.2, -0.15) is 0 Å². The first kappa shape index (κ1) is 13.4. The molecule has 3 nitrogen and oxygen atoms in total. The summed E-state index contributed by atoms with van der Waals surface area (Å²) >= 11 is 0. The predicted molar refractivity (Wildman–Crippen MR) is 58.0 cm³/mol. The average molecular weight is 201 g/mol. The van der Waals surface area contributed by atoms with Crippen molar-refractivity contribution in [1.82, 2.24) is 0 Å². The highest BCUT2D eigenvalue weighted by molar-refractivity contribution is 5.75. The van der Waals surface area contributed by atoms with E-state index in [0.717, 1.165) is 19.3 Å². The maximum absolute atomic E-state index is 11.2. The minimum atomic E-state index is -0.425. The normalized spacial score (nSPS) is 12.5. The Balaban J connectivity index is 3.34. The zero-order valence-corrected chi connectivity index (χ0v) is 9.42. The summed E-state index contributed by atoms with van der Waals surface area (Å²) in [5, 5.41) is 0. The Labute approximate surface area is 87.0 Å². The van der Waals surface area contributed by atoms with Gasteiger partial charge in [-0.05, 0) is 12.8 Å². The quantitative estimate of drug-likeness (QED) is 0.484. The van der Waals surface area contributed by atoms with Gasteiger partial charge < -0.3 is 10.5 Å². The van der Waals surface area contributed by atoms with Crippen LogP contribution < -0.4 is 5.73 Å². The molecule has 0 spiro atoms. The van der Waals surface area contributed by atoms with E-state index in [4.69, 9.17) is 10.5 Å². The number of carbonyl (C=O) groups excluding carboxylic acids is 1. The zero-order chi connectivity index (χ0) is 10.8. The van der Waals surface area contributed by atoms with Gasteiger partial charge in [0.25, 0.3) is 0 Å². The van der Waals surface area contributed by atoms with Crippen molar-refractivity contribution >= 4 is 5.97 Å². The van der Waals surface area contributed by atoms with Crippen LogP contribution in [0.15, 0.2) is 0 Å². The van der Waals surface area contributed by atoms with E-state index in [1.165, 1.54) is 12.8 Å². The molecule has 0 aliphatic rings. The lowest BCUT2D eigenvalue weighted by Gasteiger charge is -2.09. The van der Waals surface area contributed by atoms with Crippen LogP contribution in [0.3, 0.4) is 0 Å². The van der Waals surface area contributed by atoms with Gasteiger partial charge in [-0.15, -0.1) is 0 Å². The van der Waals surface area contributed by atoms with Crippen LogP contribution in [-0.4, -0.2) is 18.6 Å². The lowest BCUT2D eigenvalue weighted by Crippen LogP contribution is -2.32. The van der Waals surface area contributed by atoms with E-state index < -0.39 is 6.04 Å². The van der Waals surface area contributed by atoms with E-state index in [9.17, 15) is 4.79 Å². The first-order valence-electron chi connectivity index (χ1n) is 5.64. The standard InChI is InChI=1S/C11H23NO2/c1-3-5-6-7-9-14-11(13)10(12)8-4-2/h10H,3-9,12H2,1-2H3/t10-/m1/s1. The van der Waals surface area contributed by atoms with Crippen molar-refractivity contribution in [3.63, 3.8) is 0 Å². The Morgan fingerprint density at radius 1 is 1.21 bits per heavy atom. The molecule has 0 aromatic carbocycles. The second-order valence-electron chi connectivity index (χ2n) is 3.62. The van der Waals surface area contributed by atoms with Gasteiger partial charge in [0, 0.05) is 0 Å². The van der Waals surface area contributed by atoms with Crippen molar-refractivity contribution in [3.8, 4) is 0 Å². The van der Waals surface area contributed by atoms with Crippen LogP contribution in [0, 0.1) is 0 Å². The Hall–Kier alpha value is -0.570. The van der Waals surface area contributed by atoms with Gasteiger partial charge in [0.1, 0.15) is 6.04 Å². The minimum absolute atomic E-state index is 0.247. The molecule has 0 unspecified atom stereocenters. The monoisotopic (exact) mass is 201 g/mol. The van der Waals surface area contributed by atoms with Crippen molar-refractivity contribution in [2.45, 2.75) is 58.4 Å². The van der Waals surface area contributed by atoms with Gasteiger partial charge in [0.05, 0.1) is 6.61 Å². The third-order valence-corrected chi connectivity index (χ3v) is 2.14. The highest BCUT2D eigenvalue weighted by atomic mass is 16.5. The first-order valence-corrected chi connectivity index (χ1v) is 5.64. The third kappa shape index (κ3) is 6.89. The van der Waals surface area contributed by atoms with Crippen LogP contribution >= 0.6 is 0 Å². The van der Waals surface area contributed by atoms with Crippen molar-refractivity contribution in [2.75, 3.05) is 6.61 Å².